The summed E-state index contributed by atoms with van der Waals surface area (Å²) in [4.78, 5) is 25.9. The van der Waals surface area contributed by atoms with Gasteiger partial charge in [0.2, 0.25) is 0 Å². The van der Waals surface area contributed by atoms with E-state index in [1.54, 1.807) is 46.5 Å². The van der Waals surface area contributed by atoms with Crippen LogP contribution in [0.3, 0.4) is 0 Å². The number of benzene rings is 2. The summed E-state index contributed by atoms with van der Waals surface area (Å²) in [6.07, 6.45) is 0.142. The number of halogens is 1. The molecule has 1 heterocycles. The van der Waals surface area contributed by atoms with Crippen molar-refractivity contribution in [1.82, 2.24) is 5.32 Å². The van der Waals surface area contributed by atoms with E-state index in [2.05, 4.69) is 5.32 Å². The van der Waals surface area contributed by atoms with Crippen LogP contribution in [0.15, 0.2) is 36.4 Å². The SMILES string of the molecule is CCOC(=O)C1C(=O)CC(c2ccc(OC)c(OC)c2)NC1c1ccc(OC)c(OC)c1.Cl. The van der Waals surface area contributed by atoms with Crippen molar-refractivity contribution in [2.45, 2.75) is 25.4 Å². The van der Waals surface area contributed by atoms with Gasteiger partial charge in [0, 0.05) is 12.5 Å². The quantitative estimate of drug-likeness (QED) is 0.453. The number of carbonyl (C=O) groups excluding carboxylic acids is 2. The monoisotopic (exact) mass is 479 g/mol. The van der Waals surface area contributed by atoms with Crippen molar-refractivity contribution in [2.24, 2.45) is 5.92 Å². The zero-order valence-electron chi connectivity index (χ0n) is 19.4. The number of Topliss-reactive ketones (excluding diaryl/α,β-unsaturated/α-hetero) is 1. The summed E-state index contributed by atoms with van der Waals surface area (Å²) >= 11 is 0. The maximum absolute atomic E-state index is 13.2. The first-order valence-corrected chi connectivity index (χ1v) is 10.4. The molecule has 1 aliphatic heterocycles. The van der Waals surface area contributed by atoms with E-state index >= 15 is 0 Å². The Balaban J connectivity index is 0.00000385. The highest BCUT2D eigenvalue weighted by atomic mass is 35.5. The molecule has 180 valence electrons. The molecule has 0 radical (unpaired) electrons. The number of nitrogens with one attached hydrogen (secondary N) is 1. The van der Waals surface area contributed by atoms with E-state index < -0.39 is 17.9 Å². The molecule has 2 aromatic carbocycles. The molecule has 0 saturated carbocycles. The zero-order valence-corrected chi connectivity index (χ0v) is 20.2. The summed E-state index contributed by atoms with van der Waals surface area (Å²) in [5, 5.41) is 3.47. The van der Waals surface area contributed by atoms with Crippen LogP contribution in [0.4, 0.5) is 0 Å². The first-order valence-electron chi connectivity index (χ1n) is 10.4. The molecule has 9 heteroatoms. The van der Waals surface area contributed by atoms with Crippen LogP contribution in [0.25, 0.3) is 0 Å². The highest BCUT2D eigenvalue weighted by molar-refractivity contribution is 6.01. The molecule has 8 nitrogen and oxygen atoms in total. The van der Waals surface area contributed by atoms with Gasteiger partial charge in [-0.15, -0.1) is 12.4 Å². The van der Waals surface area contributed by atoms with Crippen molar-refractivity contribution < 1.29 is 33.3 Å². The lowest BCUT2D eigenvalue weighted by atomic mass is 9.80. The third kappa shape index (κ3) is 5.51. The van der Waals surface area contributed by atoms with Crippen LogP contribution >= 0.6 is 12.4 Å². The van der Waals surface area contributed by atoms with Gasteiger partial charge < -0.3 is 29.0 Å². The van der Waals surface area contributed by atoms with E-state index in [1.165, 1.54) is 7.11 Å². The minimum Gasteiger partial charge on any atom is -0.493 e. The lowest BCUT2D eigenvalue weighted by molar-refractivity contribution is -0.154. The normalized spacial score (nSPS) is 19.8. The van der Waals surface area contributed by atoms with E-state index in [0.717, 1.165) is 11.1 Å². The van der Waals surface area contributed by atoms with Gasteiger partial charge in [0.25, 0.3) is 0 Å². The minimum absolute atomic E-state index is 0. The first kappa shape index (κ1) is 26.3. The lowest BCUT2D eigenvalue weighted by Gasteiger charge is -2.36. The van der Waals surface area contributed by atoms with Crippen LogP contribution in [-0.2, 0) is 14.3 Å². The molecule has 0 spiro atoms. The van der Waals surface area contributed by atoms with Crippen LogP contribution in [0.1, 0.15) is 36.6 Å². The smallest absolute Gasteiger partial charge is 0.318 e. The molecule has 3 unspecified atom stereocenters. The summed E-state index contributed by atoms with van der Waals surface area (Å²) in [5.41, 5.74) is 1.57. The Labute approximate surface area is 199 Å². The van der Waals surface area contributed by atoms with Gasteiger partial charge in [0.05, 0.1) is 41.1 Å². The number of esters is 1. The second-order valence-corrected chi connectivity index (χ2v) is 7.33. The number of methoxy groups -OCH3 is 4. The summed E-state index contributed by atoms with van der Waals surface area (Å²) in [6, 6.07) is 9.91. The van der Waals surface area contributed by atoms with Crippen LogP contribution in [-0.4, -0.2) is 46.8 Å². The Kier molecular flexibility index (Phi) is 9.37. The summed E-state index contributed by atoms with van der Waals surface area (Å²) in [5.74, 6) is 0.521. The number of ether oxygens (including phenoxy) is 5. The molecule has 1 aliphatic rings. The van der Waals surface area contributed by atoms with Crippen LogP contribution in [0, 0.1) is 5.92 Å². The largest absolute Gasteiger partial charge is 0.493 e. The number of rotatable bonds is 8. The highest BCUT2D eigenvalue weighted by Crippen LogP contribution is 2.40. The van der Waals surface area contributed by atoms with Crippen molar-refractivity contribution in [3.8, 4) is 23.0 Å². The fourth-order valence-corrected chi connectivity index (χ4v) is 4.00. The molecule has 2 aromatic rings. The van der Waals surface area contributed by atoms with Gasteiger partial charge in [-0.1, -0.05) is 12.1 Å². The van der Waals surface area contributed by atoms with Crippen molar-refractivity contribution in [2.75, 3.05) is 35.0 Å². The Morgan fingerprint density at radius 2 is 1.39 bits per heavy atom. The average Bonchev–Trinajstić information content (AvgIpc) is 2.82. The molecule has 1 fully saturated rings. The van der Waals surface area contributed by atoms with Gasteiger partial charge in [0.15, 0.2) is 28.8 Å². The Hall–Kier alpha value is -2.97. The second-order valence-electron chi connectivity index (χ2n) is 7.33. The standard InChI is InChI=1S/C24H29NO7.ClH/c1-6-32-24(27)22-17(26)13-16(14-7-9-18(28-2)20(11-14)30-4)25-23(22)15-8-10-19(29-3)21(12-15)31-5;/h7-12,16,22-23,25H,6,13H2,1-5H3;1H. The van der Waals surface area contributed by atoms with Gasteiger partial charge in [-0.2, -0.15) is 0 Å². The minimum atomic E-state index is -0.968. The fourth-order valence-electron chi connectivity index (χ4n) is 4.00. The maximum Gasteiger partial charge on any atom is 0.318 e. The second kappa shape index (κ2) is 11.8. The first-order chi connectivity index (χ1) is 15.5. The topological polar surface area (TPSA) is 92.3 Å². The van der Waals surface area contributed by atoms with Crippen molar-refractivity contribution in [1.29, 1.82) is 0 Å². The number of ketones is 1. The van der Waals surface area contributed by atoms with Gasteiger partial charge in [-0.25, -0.2) is 0 Å². The molecule has 0 bridgehead atoms. The molecule has 0 aliphatic carbocycles. The van der Waals surface area contributed by atoms with E-state index in [1.807, 2.05) is 18.2 Å². The molecular formula is C24H30ClNO7. The molecule has 33 heavy (non-hydrogen) atoms. The molecule has 1 N–H and O–H groups in total. The summed E-state index contributed by atoms with van der Waals surface area (Å²) < 4.78 is 26.7. The van der Waals surface area contributed by atoms with Gasteiger partial charge >= 0.3 is 5.97 Å². The third-order valence-corrected chi connectivity index (χ3v) is 5.58. The van der Waals surface area contributed by atoms with Crippen molar-refractivity contribution in [3.63, 3.8) is 0 Å². The van der Waals surface area contributed by atoms with Gasteiger partial charge in [-0.3, -0.25) is 9.59 Å². The number of hydrogen-bond donors (Lipinski definition) is 1. The molecular weight excluding hydrogens is 450 g/mol. The van der Waals surface area contributed by atoms with E-state index in [9.17, 15) is 9.59 Å². The van der Waals surface area contributed by atoms with E-state index in [0.29, 0.717) is 23.0 Å². The predicted octanol–water partition coefficient (Wildman–Crippen LogP) is 3.67. The van der Waals surface area contributed by atoms with Gasteiger partial charge in [0.1, 0.15) is 5.92 Å². The Morgan fingerprint density at radius 3 is 1.91 bits per heavy atom. The predicted molar refractivity (Wildman–Crippen MR) is 125 cm³/mol. The molecule has 3 rings (SSSR count). The molecule has 0 amide bonds. The highest BCUT2D eigenvalue weighted by Gasteiger charge is 2.43. The number of piperidine rings is 1. The zero-order chi connectivity index (χ0) is 23.3. The lowest BCUT2D eigenvalue weighted by Crippen LogP contribution is -2.46. The van der Waals surface area contributed by atoms with Gasteiger partial charge in [-0.05, 0) is 42.3 Å². The molecule has 1 saturated heterocycles. The number of carbonyl (C=O) groups is 2. The third-order valence-electron chi connectivity index (χ3n) is 5.58. The molecule has 3 atom stereocenters. The van der Waals surface area contributed by atoms with Crippen LogP contribution in [0.2, 0.25) is 0 Å². The fraction of sp³-hybridized carbons (Fsp3) is 0.417. The van der Waals surface area contributed by atoms with Crippen LogP contribution in [0.5, 0.6) is 23.0 Å². The Morgan fingerprint density at radius 1 is 0.879 bits per heavy atom. The average molecular weight is 480 g/mol. The van der Waals surface area contributed by atoms with Crippen molar-refractivity contribution in [3.05, 3.63) is 47.5 Å². The Bertz CT molecular complexity index is 981. The van der Waals surface area contributed by atoms with E-state index in [-0.39, 0.29) is 37.3 Å². The summed E-state index contributed by atoms with van der Waals surface area (Å²) in [6.45, 7) is 1.91. The molecule has 0 aromatic heterocycles. The number of hydrogen-bond acceptors (Lipinski definition) is 8. The van der Waals surface area contributed by atoms with E-state index in [4.69, 9.17) is 23.7 Å². The van der Waals surface area contributed by atoms with Crippen molar-refractivity contribution >= 4 is 24.2 Å². The van der Waals surface area contributed by atoms with Crippen LogP contribution < -0.4 is 24.3 Å². The maximum atomic E-state index is 13.2. The summed E-state index contributed by atoms with van der Waals surface area (Å²) in [7, 11) is 6.21.